The lowest BCUT2D eigenvalue weighted by Crippen LogP contribution is -2.16. The lowest BCUT2D eigenvalue weighted by Gasteiger charge is -2.13. The van der Waals surface area contributed by atoms with Gasteiger partial charge < -0.3 is 171 Å². The zero-order valence-corrected chi connectivity index (χ0v) is 86.5. The van der Waals surface area contributed by atoms with Gasteiger partial charge in [0.15, 0.2) is 0 Å². The van der Waals surface area contributed by atoms with E-state index in [1.54, 1.807) is 14.2 Å². The van der Waals surface area contributed by atoms with Crippen LogP contribution in [0, 0.1) is 13.8 Å². The first-order chi connectivity index (χ1) is 71.5. The Bertz CT molecular complexity index is 3510. The van der Waals surface area contributed by atoms with E-state index in [2.05, 4.69) is 123 Å². The normalized spacial score (nSPS) is 11.7. The standard InChI is InChI=1S/C108H170O36/c1-95-93-103(17-23-107(95)101-9-5-97(6-10-101)99-13-19-105(20-14-99)143-91-89-141-87-85-139-83-81-137-79-77-135-75-73-133-71-69-131-67-65-129-63-61-127-59-57-125-55-53-123-51-49-121-47-45-119-43-41-117-39-37-115-35-33-113-31-29-111-27-25-109-3)104-18-24-108(96(2)94-104)102-11-7-98(8-12-102)100-15-21-106(22-16-100)144-92-90-142-88-86-140-84-82-138-80-78-136-76-74-134-72-70-132-68-66-130-64-62-128-60-58-126-56-54-124-52-50-122-48-46-120-44-42-118-40-38-116-36-34-114-32-30-112-28-26-110-4/h5-24,93-94H,25-92H2,1-4H3. The molecular formula is C108H170O36. The van der Waals surface area contributed by atoms with Crippen LogP contribution in [0.15, 0.2) is 133 Å². The van der Waals surface area contributed by atoms with Gasteiger partial charge in [0.1, 0.15) is 24.7 Å². The van der Waals surface area contributed by atoms with Crippen LogP contribution in [0.4, 0.5) is 0 Å². The molecule has 36 nitrogen and oxygen atoms in total. The highest BCUT2D eigenvalue weighted by Crippen LogP contribution is 2.35. The van der Waals surface area contributed by atoms with Crippen molar-refractivity contribution < 1.29 is 171 Å². The number of methoxy groups -OCH3 is 2. The molecule has 6 rings (SSSR count). The van der Waals surface area contributed by atoms with Crippen LogP contribution < -0.4 is 9.47 Å². The van der Waals surface area contributed by atoms with Crippen molar-refractivity contribution in [2.45, 2.75) is 13.8 Å². The molecule has 0 unspecified atom stereocenters. The maximum absolute atomic E-state index is 5.97. The molecule has 0 saturated carbocycles. The van der Waals surface area contributed by atoms with Gasteiger partial charge in [-0.15, -0.1) is 0 Å². The smallest absolute Gasteiger partial charge is 0.119 e. The van der Waals surface area contributed by atoms with Crippen LogP contribution in [0.1, 0.15) is 11.1 Å². The molecule has 0 heterocycles. The van der Waals surface area contributed by atoms with Crippen LogP contribution in [-0.2, 0) is 161 Å². The van der Waals surface area contributed by atoms with Crippen molar-refractivity contribution in [3.05, 3.63) is 145 Å². The Balaban J connectivity index is 0.625. The predicted molar refractivity (Wildman–Crippen MR) is 544 cm³/mol. The Morgan fingerprint density at radius 1 is 0.118 bits per heavy atom. The molecule has 0 aromatic heterocycles. The maximum atomic E-state index is 5.97. The van der Waals surface area contributed by atoms with Gasteiger partial charge >= 0.3 is 0 Å². The summed E-state index contributed by atoms with van der Waals surface area (Å²) < 4.78 is 199. The summed E-state index contributed by atoms with van der Waals surface area (Å²) in [6, 6.07) is 47.3. The molecule has 0 spiro atoms. The summed E-state index contributed by atoms with van der Waals surface area (Å²) in [7, 11) is 3.29. The molecule has 36 heteroatoms. The van der Waals surface area contributed by atoms with E-state index in [1.165, 1.54) is 44.5 Å². The first-order valence-corrected chi connectivity index (χ1v) is 50.9. The SMILES string of the molecule is COCCOCCOCCOCCOCCOCCOCCOCCOCCOCCOCCOCCOCCOCCOCCOCCOCCOc1ccc(-c2ccc(-c3ccc(-c4ccc(-c5ccc(-c6ccc(OCCOCCOCCOCCOCCOCCOCCOCCOCCOCCOCCOCCOCCOCCOCCOCCOCCOC)cc6)cc5)c(C)c4)cc3C)cc2)cc1. The third kappa shape index (κ3) is 71.3. The van der Waals surface area contributed by atoms with E-state index < -0.39 is 0 Å². The third-order valence-electron chi connectivity index (χ3n) is 20.6. The van der Waals surface area contributed by atoms with Gasteiger partial charge in [0, 0.05) is 14.2 Å². The molecule has 818 valence electrons. The lowest BCUT2D eigenvalue weighted by atomic mass is 9.92. The van der Waals surface area contributed by atoms with E-state index in [-0.39, 0.29) is 0 Å². The maximum Gasteiger partial charge on any atom is 0.119 e. The molecule has 0 aliphatic carbocycles. The zero-order valence-electron chi connectivity index (χ0n) is 86.5. The molecule has 0 aliphatic rings. The fraction of sp³-hybridized carbons (Fsp3) is 0.667. The molecule has 6 aromatic carbocycles. The van der Waals surface area contributed by atoms with Crippen LogP contribution in [0.3, 0.4) is 0 Å². The first-order valence-electron chi connectivity index (χ1n) is 50.9. The number of benzene rings is 6. The summed E-state index contributed by atoms with van der Waals surface area (Å²) >= 11 is 0. The minimum absolute atomic E-state index is 0.436. The topological polar surface area (TPSA) is 332 Å². The Kier molecular flexibility index (Phi) is 84.3. The van der Waals surface area contributed by atoms with Gasteiger partial charge in [0.2, 0.25) is 0 Å². The van der Waals surface area contributed by atoms with Crippen LogP contribution in [0.5, 0.6) is 11.5 Å². The van der Waals surface area contributed by atoms with Crippen molar-refractivity contribution in [3.8, 4) is 67.1 Å². The van der Waals surface area contributed by atoms with Crippen molar-refractivity contribution >= 4 is 0 Å². The van der Waals surface area contributed by atoms with Crippen molar-refractivity contribution in [1.29, 1.82) is 0 Å². The molecule has 0 amide bonds. The largest absolute Gasteiger partial charge is 0.491 e. The minimum Gasteiger partial charge on any atom is -0.491 e. The molecule has 0 N–H and O–H groups in total. The fourth-order valence-corrected chi connectivity index (χ4v) is 13.0. The molecule has 0 fully saturated rings. The van der Waals surface area contributed by atoms with Crippen LogP contribution in [0.25, 0.3) is 55.6 Å². The molecule has 6 aromatic rings. The van der Waals surface area contributed by atoms with Crippen LogP contribution >= 0.6 is 0 Å². The van der Waals surface area contributed by atoms with Gasteiger partial charge in [-0.2, -0.15) is 0 Å². The van der Waals surface area contributed by atoms with Crippen molar-refractivity contribution in [2.75, 3.05) is 463 Å². The number of ether oxygens (including phenoxy) is 36. The lowest BCUT2D eigenvalue weighted by molar-refractivity contribution is -0.0306. The van der Waals surface area contributed by atoms with Gasteiger partial charge in [-0.1, -0.05) is 109 Å². The molecule has 0 bridgehead atoms. The molecule has 144 heavy (non-hydrogen) atoms. The summed E-state index contributed by atoms with van der Waals surface area (Å²) in [4.78, 5) is 0. The second-order valence-corrected chi connectivity index (χ2v) is 31.5. The molecule has 0 radical (unpaired) electrons. The van der Waals surface area contributed by atoms with E-state index in [0.29, 0.717) is 449 Å². The Morgan fingerprint density at radius 2 is 0.229 bits per heavy atom. The number of hydrogen-bond acceptors (Lipinski definition) is 36. The van der Waals surface area contributed by atoms with Crippen molar-refractivity contribution in [3.63, 3.8) is 0 Å². The number of rotatable bonds is 109. The predicted octanol–water partition coefficient (Wildman–Crippen LogP) is 11.2. The van der Waals surface area contributed by atoms with Crippen LogP contribution in [0.2, 0.25) is 0 Å². The summed E-state index contributed by atoms with van der Waals surface area (Å²) in [5.41, 5.74) is 14.1. The number of hydrogen-bond donors (Lipinski definition) is 0. The molecule has 0 atom stereocenters. The minimum atomic E-state index is 0.436. The Morgan fingerprint density at radius 3 is 0.361 bits per heavy atom. The van der Waals surface area contributed by atoms with Crippen LogP contribution in [-0.4, -0.2) is 463 Å². The molecule has 0 saturated heterocycles. The van der Waals surface area contributed by atoms with E-state index in [1.807, 2.05) is 24.3 Å². The van der Waals surface area contributed by atoms with E-state index in [0.717, 1.165) is 33.8 Å². The second-order valence-electron chi connectivity index (χ2n) is 31.5. The highest BCUT2D eigenvalue weighted by molar-refractivity contribution is 5.79. The van der Waals surface area contributed by atoms with E-state index >= 15 is 0 Å². The Hall–Kier alpha value is -6.44. The van der Waals surface area contributed by atoms with Gasteiger partial charge in [-0.25, -0.2) is 0 Å². The molecular weight excluding hydrogens is 1870 g/mol. The van der Waals surface area contributed by atoms with Gasteiger partial charge in [0.05, 0.1) is 436 Å². The highest BCUT2D eigenvalue weighted by atomic mass is 16.6. The van der Waals surface area contributed by atoms with E-state index in [9.17, 15) is 0 Å². The fourth-order valence-electron chi connectivity index (χ4n) is 13.0. The van der Waals surface area contributed by atoms with Gasteiger partial charge in [-0.05, 0) is 105 Å². The average Bonchev–Trinajstić information content (AvgIpc) is 0.797. The average molecular weight is 2040 g/mol. The second kappa shape index (κ2) is 96.1. The summed E-state index contributed by atoms with van der Waals surface area (Å²) in [5, 5.41) is 0. The summed E-state index contributed by atoms with van der Waals surface area (Å²) in [5.74, 6) is 1.58. The zero-order chi connectivity index (χ0) is 101. The van der Waals surface area contributed by atoms with Gasteiger partial charge in [0.25, 0.3) is 0 Å². The monoisotopic (exact) mass is 2040 g/mol. The van der Waals surface area contributed by atoms with E-state index in [4.69, 9.17) is 171 Å². The van der Waals surface area contributed by atoms with Gasteiger partial charge in [-0.3, -0.25) is 0 Å². The third-order valence-corrected chi connectivity index (χ3v) is 20.6. The number of aryl methyl sites for hydroxylation is 2. The quantitative estimate of drug-likeness (QED) is 0.0320. The van der Waals surface area contributed by atoms with Crippen molar-refractivity contribution in [1.82, 2.24) is 0 Å². The Labute approximate surface area is 855 Å². The highest BCUT2D eigenvalue weighted by Gasteiger charge is 2.13. The van der Waals surface area contributed by atoms with Crippen molar-refractivity contribution in [2.24, 2.45) is 0 Å². The summed E-state index contributed by atoms with van der Waals surface area (Å²) in [6.07, 6.45) is 0. The first kappa shape index (κ1) is 126. The molecule has 0 aliphatic heterocycles. The summed E-state index contributed by atoms with van der Waals surface area (Å²) in [6.45, 7) is 37.9.